The van der Waals surface area contributed by atoms with Crippen LogP contribution in [-0.4, -0.2) is 31.2 Å². The lowest BCUT2D eigenvalue weighted by Crippen LogP contribution is -2.32. The fourth-order valence-electron chi connectivity index (χ4n) is 2.14. The summed E-state index contributed by atoms with van der Waals surface area (Å²) in [5, 5.41) is 9.65. The highest BCUT2D eigenvalue weighted by Gasteiger charge is 2.28. The molecule has 0 amide bonds. The van der Waals surface area contributed by atoms with Crippen LogP contribution in [0.15, 0.2) is 4.21 Å². The summed E-state index contributed by atoms with van der Waals surface area (Å²) >= 11 is 6.64. The summed E-state index contributed by atoms with van der Waals surface area (Å²) in [5.41, 5.74) is 0.407. The lowest BCUT2D eigenvalue weighted by Gasteiger charge is -2.14. The number of rotatable bonds is 4. The van der Waals surface area contributed by atoms with Gasteiger partial charge in [0.05, 0.1) is 11.8 Å². The van der Waals surface area contributed by atoms with E-state index in [0.717, 1.165) is 30.6 Å². The molecule has 0 spiro atoms. The Bertz CT molecular complexity index is 529. The summed E-state index contributed by atoms with van der Waals surface area (Å²) in [6.45, 7) is 1.87. The molecule has 2 atom stereocenters. The monoisotopic (exact) mass is 310 g/mol. The highest BCUT2D eigenvalue weighted by Crippen LogP contribution is 2.28. The first-order chi connectivity index (χ1) is 8.40. The van der Waals surface area contributed by atoms with Crippen molar-refractivity contribution >= 4 is 33.0 Å². The van der Waals surface area contributed by atoms with Crippen LogP contribution in [0.1, 0.15) is 25.0 Å². The Morgan fingerprint density at radius 2 is 2.28 bits per heavy atom. The number of aliphatic hydroxyl groups is 1. The number of aromatic nitrogens is 1. The first kappa shape index (κ1) is 14.2. The smallest absolute Gasteiger partial charge is 0.251 e. The van der Waals surface area contributed by atoms with E-state index in [0.29, 0.717) is 5.69 Å². The van der Waals surface area contributed by atoms with Crippen molar-refractivity contribution in [3.63, 3.8) is 0 Å². The van der Waals surface area contributed by atoms with Gasteiger partial charge in [-0.2, -0.15) is 0 Å². The van der Waals surface area contributed by atoms with Crippen LogP contribution in [0.25, 0.3) is 0 Å². The number of halogens is 1. The zero-order valence-corrected chi connectivity index (χ0v) is 12.3. The minimum atomic E-state index is -3.57. The topological polar surface area (TPSA) is 79.3 Å². The molecule has 1 aliphatic rings. The summed E-state index contributed by atoms with van der Waals surface area (Å²) in [6, 6.07) is 0. The average Bonchev–Trinajstić information content (AvgIpc) is 2.82. The van der Waals surface area contributed by atoms with Gasteiger partial charge in [0.15, 0.2) is 8.68 Å². The summed E-state index contributed by atoms with van der Waals surface area (Å²) in [7, 11) is -3.57. The first-order valence-electron chi connectivity index (χ1n) is 5.71. The predicted molar refractivity (Wildman–Crippen MR) is 70.4 cm³/mol. The van der Waals surface area contributed by atoms with Crippen molar-refractivity contribution in [2.45, 2.75) is 36.5 Å². The molecule has 2 N–H and O–H groups in total. The Labute approximate surface area is 115 Å². The molecule has 102 valence electrons. The van der Waals surface area contributed by atoms with Crippen LogP contribution < -0.4 is 4.72 Å². The van der Waals surface area contributed by atoms with Gasteiger partial charge in [-0.3, -0.25) is 0 Å². The molecule has 1 aromatic rings. The standard InChI is InChI=1S/C10H15ClN2O3S2/c1-6-9(17-10(11)13-6)18(15,16)12-5-7-3-2-4-8(7)14/h7-8,12,14H,2-5H2,1H3. The molecule has 18 heavy (non-hydrogen) atoms. The van der Waals surface area contributed by atoms with Gasteiger partial charge in [0, 0.05) is 6.54 Å². The van der Waals surface area contributed by atoms with E-state index in [4.69, 9.17) is 11.6 Å². The fraction of sp³-hybridized carbons (Fsp3) is 0.700. The highest BCUT2D eigenvalue weighted by atomic mass is 35.5. The molecule has 8 heteroatoms. The Balaban J connectivity index is 2.06. The number of hydrogen-bond donors (Lipinski definition) is 2. The molecule has 0 aromatic carbocycles. The van der Waals surface area contributed by atoms with Gasteiger partial charge < -0.3 is 5.11 Å². The lowest BCUT2D eigenvalue weighted by atomic mass is 10.1. The van der Waals surface area contributed by atoms with Crippen LogP contribution in [0.3, 0.4) is 0 Å². The van der Waals surface area contributed by atoms with Crippen LogP contribution in [0, 0.1) is 12.8 Å². The van der Waals surface area contributed by atoms with Gasteiger partial charge in [-0.05, 0) is 25.7 Å². The normalized spacial score (nSPS) is 24.6. The Kier molecular flexibility index (Phi) is 4.28. The lowest BCUT2D eigenvalue weighted by molar-refractivity contribution is 0.134. The van der Waals surface area contributed by atoms with Gasteiger partial charge in [0.2, 0.25) is 0 Å². The van der Waals surface area contributed by atoms with Crippen molar-refractivity contribution in [3.05, 3.63) is 10.2 Å². The number of aliphatic hydroxyl groups excluding tert-OH is 1. The van der Waals surface area contributed by atoms with E-state index in [-0.39, 0.29) is 21.1 Å². The van der Waals surface area contributed by atoms with Crippen molar-refractivity contribution < 1.29 is 13.5 Å². The third-order valence-electron chi connectivity index (χ3n) is 3.13. The number of thiazole rings is 1. The van der Waals surface area contributed by atoms with E-state index in [9.17, 15) is 13.5 Å². The SMILES string of the molecule is Cc1nc(Cl)sc1S(=O)(=O)NCC1CCCC1O. The molecule has 1 saturated carbocycles. The molecular formula is C10H15ClN2O3S2. The summed E-state index contributed by atoms with van der Waals surface area (Å²) in [5.74, 6) is 0.00322. The van der Waals surface area contributed by atoms with Gasteiger partial charge in [0.1, 0.15) is 0 Å². The minimum Gasteiger partial charge on any atom is -0.393 e. The van der Waals surface area contributed by atoms with E-state index in [2.05, 4.69) is 9.71 Å². The second-order valence-electron chi connectivity index (χ2n) is 4.45. The average molecular weight is 311 g/mol. The quantitative estimate of drug-likeness (QED) is 0.884. The maximum atomic E-state index is 12.0. The number of aryl methyl sites for hydroxylation is 1. The summed E-state index contributed by atoms with van der Waals surface area (Å²) < 4.78 is 27.0. The van der Waals surface area contributed by atoms with Gasteiger partial charge in [-0.15, -0.1) is 0 Å². The van der Waals surface area contributed by atoms with E-state index in [1.807, 2.05) is 0 Å². The molecule has 0 saturated heterocycles. The molecule has 0 bridgehead atoms. The minimum absolute atomic E-state index is 0.00322. The van der Waals surface area contributed by atoms with Crippen molar-refractivity contribution in [2.75, 3.05) is 6.54 Å². The maximum absolute atomic E-state index is 12.0. The molecular weight excluding hydrogens is 296 g/mol. The molecule has 2 rings (SSSR count). The first-order valence-corrected chi connectivity index (χ1v) is 8.38. The number of nitrogens with zero attached hydrogens (tertiary/aromatic N) is 1. The van der Waals surface area contributed by atoms with Gasteiger partial charge in [0.25, 0.3) is 10.0 Å². The predicted octanol–water partition coefficient (Wildman–Crippen LogP) is 1.54. The molecule has 1 heterocycles. The van der Waals surface area contributed by atoms with Crippen molar-refractivity contribution in [1.29, 1.82) is 0 Å². The van der Waals surface area contributed by atoms with Crippen LogP contribution in [-0.2, 0) is 10.0 Å². The largest absolute Gasteiger partial charge is 0.393 e. The number of sulfonamides is 1. The zero-order valence-electron chi connectivity index (χ0n) is 9.89. The van der Waals surface area contributed by atoms with E-state index in [1.54, 1.807) is 6.92 Å². The second-order valence-corrected chi connectivity index (χ2v) is 7.99. The molecule has 1 aliphatic carbocycles. The van der Waals surface area contributed by atoms with E-state index >= 15 is 0 Å². The third-order valence-corrected chi connectivity index (χ3v) is 6.42. The fourth-order valence-corrected chi connectivity index (χ4v) is 5.01. The molecule has 1 aromatic heterocycles. The van der Waals surface area contributed by atoms with Crippen molar-refractivity contribution in [3.8, 4) is 0 Å². The second kappa shape index (κ2) is 5.42. The van der Waals surface area contributed by atoms with E-state index < -0.39 is 16.1 Å². The summed E-state index contributed by atoms with van der Waals surface area (Å²) in [6.07, 6.45) is 2.14. The molecule has 0 radical (unpaired) electrons. The van der Waals surface area contributed by atoms with Crippen molar-refractivity contribution in [1.82, 2.24) is 9.71 Å². The van der Waals surface area contributed by atoms with Crippen LogP contribution in [0.4, 0.5) is 0 Å². The molecule has 2 unspecified atom stereocenters. The Morgan fingerprint density at radius 1 is 1.56 bits per heavy atom. The maximum Gasteiger partial charge on any atom is 0.251 e. The highest BCUT2D eigenvalue weighted by molar-refractivity contribution is 7.91. The van der Waals surface area contributed by atoms with Gasteiger partial charge in [-0.1, -0.05) is 29.4 Å². The molecule has 5 nitrogen and oxygen atoms in total. The van der Waals surface area contributed by atoms with Crippen molar-refractivity contribution in [2.24, 2.45) is 5.92 Å². The zero-order chi connectivity index (χ0) is 13.3. The number of hydrogen-bond acceptors (Lipinski definition) is 5. The van der Waals surface area contributed by atoms with Crippen LogP contribution >= 0.6 is 22.9 Å². The third kappa shape index (κ3) is 3.03. The number of nitrogens with one attached hydrogen (secondary N) is 1. The van der Waals surface area contributed by atoms with Gasteiger partial charge >= 0.3 is 0 Å². The van der Waals surface area contributed by atoms with E-state index in [1.165, 1.54) is 0 Å². The Hall–Kier alpha value is -0.210. The molecule has 0 aliphatic heterocycles. The Morgan fingerprint density at radius 3 is 2.78 bits per heavy atom. The van der Waals surface area contributed by atoms with Crippen LogP contribution in [0.2, 0.25) is 4.47 Å². The molecule has 1 fully saturated rings. The van der Waals surface area contributed by atoms with Gasteiger partial charge in [-0.25, -0.2) is 18.1 Å². The summed E-state index contributed by atoms with van der Waals surface area (Å²) in [4.78, 5) is 3.89. The van der Waals surface area contributed by atoms with Crippen LogP contribution in [0.5, 0.6) is 0 Å².